The molecule has 0 atom stereocenters. The average molecular weight is 245 g/mol. The van der Waals surface area contributed by atoms with Gasteiger partial charge in [-0.3, -0.25) is 4.79 Å². The van der Waals surface area contributed by atoms with Crippen LogP contribution in [-0.4, -0.2) is 35.4 Å². The summed E-state index contributed by atoms with van der Waals surface area (Å²) in [4.78, 5) is 14.2. The number of terminal acetylenes is 1. The number of nitrogens with zero attached hydrogens (tertiary/aromatic N) is 1. The maximum atomic E-state index is 12.2. The summed E-state index contributed by atoms with van der Waals surface area (Å²) in [6.45, 7) is 1.71. The van der Waals surface area contributed by atoms with Crippen LogP contribution in [0.5, 0.6) is 0 Å². The van der Waals surface area contributed by atoms with E-state index < -0.39 is 0 Å². The summed E-state index contributed by atoms with van der Waals surface area (Å²) < 4.78 is 0. The largest absolute Gasteiger partial charge is 0.338 e. The van der Waals surface area contributed by atoms with Crippen LogP contribution < -0.4 is 0 Å². The van der Waals surface area contributed by atoms with Crippen LogP contribution >= 0.6 is 11.8 Å². The predicted octanol–water partition coefficient (Wildman–Crippen LogP) is 2.25. The van der Waals surface area contributed by atoms with Crippen molar-refractivity contribution in [2.45, 2.75) is 6.42 Å². The fourth-order valence-corrected chi connectivity index (χ4v) is 2.73. The van der Waals surface area contributed by atoms with Crippen LogP contribution in [0.4, 0.5) is 0 Å². The second-order valence-electron chi connectivity index (χ2n) is 3.98. The third kappa shape index (κ3) is 3.04. The third-order valence-electron chi connectivity index (χ3n) is 2.81. The summed E-state index contributed by atoms with van der Waals surface area (Å²) >= 11 is 1.92. The number of thioether (sulfide) groups is 1. The van der Waals surface area contributed by atoms with Crippen molar-refractivity contribution in [2.24, 2.45) is 0 Å². The Kier molecular flexibility index (Phi) is 4.11. The second-order valence-corrected chi connectivity index (χ2v) is 5.20. The summed E-state index contributed by atoms with van der Waals surface area (Å²) in [6, 6.07) is 7.27. The van der Waals surface area contributed by atoms with E-state index in [2.05, 4.69) is 5.92 Å². The fraction of sp³-hybridized carbons (Fsp3) is 0.357. The predicted molar refractivity (Wildman–Crippen MR) is 72.2 cm³/mol. The maximum Gasteiger partial charge on any atom is 0.253 e. The van der Waals surface area contributed by atoms with Crippen LogP contribution in [0.15, 0.2) is 24.3 Å². The van der Waals surface area contributed by atoms with Crippen LogP contribution in [0.2, 0.25) is 0 Å². The first-order chi connectivity index (χ1) is 8.31. The minimum absolute atomic E-state index is 0.121. The lowest BCUT2D eigenvalue weighted by Crippen LogP contribution is -2.32. The van der Waals surface area contributed by atoms with Crippen molar-refractivity contribution >= 4 is 17.7 Å². The molecule has 0 bridgehead atoms. The van der Waals surface area contributed by atoms with Gasteiger partial charge in [0.1, 0.15) is 0 Å². The van der Waals surface area contributed by atoms with Crippen LogP contribution in [-0.2, 0) is 0 Å². The minimum Gasteiger partial charge on any atom is -0.338 e. The fourth-order valence-electron chi connectivity index (χ4n) is 1.84. The minimum atomic E-state index is 0.121. The first-order valence-electron chi connectivity index (χ1n) is 5.75. The average Bonchev–Trinajstić information content (AvgIpc) is 2.67. The van der Waals surface area contributed by atoms with E-state index in [1.165, 1.54) is 0 Å². The molecule has 1 aromatic carbocycles. The first-order valence-corrected chi connectivity index (χ1v) is 6.90. The molecule has 3 heteroatoms. The Morgan fingerprint density at radius 2 is 2.00 bits per heavy atom. The molecule has 0 aromatic heterocycles. The maximum absolute atomic E-state index is 12.2. The van der Waals surface area contributed by atoms with Gasteiger partial charge in [0.2, 0.25) is 0 Å². The first kappa shape index (κ1) is 12.1. The van der Waals surface area contributed by atoms with Gasteiger partial charge in [0, 0.05) is 30.0 Å². The van der Waals surface area contributed by atoms with Gasteiger partial charge in [-0.15, -0.1) is 6.42 Å². The number of benzene rings is 1. The summed E-state index contributed by atoms with van der Waals surface area (Å²) in [7, 11) is 0. The van der Waals surface area contributed by atoms with E-state index in [0.717, 1.165) is 42.1 Å². The molecule has 2 nitrogen and oxygen atoms in total. The molecule has 1 heterocycles. The molecule has 1 aliphatic rings. The second kappa shape index (κ2) is 5.79. The Morgan fingerprint density at radius 1 is 1.24 bits per heavy atom. The van der Waals surface area contributed by atoms with Crippen molar-refractivity contribution in [3.63, 3.8) is 0 Å². The quantitative estimate of drug-likeness (QED) is 0.707. The highest BCUT2D eigenvalue weighted by Crippen LogP contribution is 2.13. The zero-order chi connectivity index (χ0) is 12.1. The molecule has 0 radical (unpaired) electrons. The van der Waals surface area contributed by atoms with E-state index in [9.17, 15) is 4.79 Å². The molecule has 17 heavy (non-hydrogen) atoms. The van der Waals surface area contributed by atoms with Crippen LogP contribution in [0.25, 0.3) is 0 Å². The highest BCUT2D eigenvalue weighted by Gasteiger charge is 2.16. The summed E-state index contributed by atoms with van der Waals surface area (Å²) in [5, 5.41) is 0. The molecule has 1 saturated heterocycles. The lowest BCUT2D eigenvalue weighted by atomic mass is 10.1. The third-order valence-corrected chi connectivity index (χ3v) is 3.86. The molecular weight excluding hydrogens is 230 g/mol. The molecule has 1 aliphatic heterocycles. The Morgan fingerprint density at radius 3 is 2.71 bits per heavy atom. The molecule has 0 N–H and O–H groups in total. The van der Waals surface area contributed by atoms with E-state index in [1.54, 1.807) is 0 Å². The van der Waals surface area contributed by atoms with Gasteiger partial charge in [0.25, 0.3) is 5.91 Å². The lowest BCUT2D eigenvalue weighted by molar-refractivity contribution is 0.0768. The van der Waals surface area contributed by atoms with Crippen molar-refractivity contribution in [1.82, 2.24) is 4.90 Å². The number of carbonyl (C=O) groups excluding carboxylic acids is 1. The normalized spacial score (nSPS) is 16.1. The van der Waals surface area contributed by atoms with Gasteiger partial charge < -0.3 is 4.90 Å². The zero-order valence-electron chi connectivity index (χ0n) is 9.69. The van der Waals surface area contributed by atoms with Gasteiger partial charge in [-0.2, -0.15) is 11.8 Å². The van der Waals surface area contributed by atoms with Crippen LogP contribution in [0.1, 0.15) is 22.3 Å². The topological polar surface area (TPSA) is 20.3 Å². The van der Waals surface area contributed by atoms with Crippen molar-refractivity contribution in [1.29, 1.82) is 0 Å². The number of rotatable bonds is 1. The van der Waals surface area contributed by atoms with E-state index in [0.29, 0.717) is 0 Å². The summed E-state index contributed by atoms with van der Waals surface area (Å²) in [6.07, 6.45) is 6.37. The van der Waals surface area contributed by atoms with Gasteiger partial charge in [-0.25, -0.2) is 0 Å². The smallest absolute Gasteiger partial charge is 0.253 e. The highest BCUT2D eigenvalue weighted by atomic mass is 32.2. The number of carbonyl (C=O) groups is 1. The van der Waals surface area contributed by atoms with Gasteiger partial charge in [0.15, 0.2) is 0 Å². The van der Waals surface area contributed by atoms with Gasteiger partial charge in [0.05, 0.1) is 0 Å². The van der Waals surface area contributed by atoms with Gasteiger partial charge >= 0.3 is 0 Å². The van der Waals surface area contributed by atoms with Crippen LogP contribution in [0, 0.1) is 12.3 Å². The molecule has 0 saturated carbocycles. The van der Waals surface area contributed by atoms with Gasteiger partial charge in [-0.1, -0.05) is 5.92 Å². The van der Waals surface area contributed by atoms with Crippen molar-refractivity contribution in [3.05, 3.63) is 35.4 Å². The molecule has 2 rings (SSSR count). The number of hydrogen-bond acceptors (Lipinski definition) is 2. The Hall–Kier alpha value is -1.40. The van der Waals surface area contributed by atoms with Gasteiger partial charge in [-0.05, 0) is 36.4 Å². The molecule has 0 unspecified atom stereocenters. The number of hydrogen-bond donors (Lipinski definition) is 0. The molecule has 1 fully saturated rings. The van der Waals surface area contributed by atoms with Crippen molar-refractivity contribution in [2.75, 3.05) is 24.6 Å². The van der Waals surface area contributed by atoms with E-state index in [4.69, 9.17) is 6.42 Å². The van der Waals surface area contributed by atoms with E-state index >= 15 is 0 Å². The summed E-state index contributed by atoms with van der Waals surface area (Å²) in [5.41, 5.74) is 1.55. The Balaban J connectivity index is 2.09. The standard InChI is InChI=1S/C14H15NOS/c1-2-12-4-6-13(7-5-12)14(16)15-8-3-10-17-11-9-15/h1,4-7H,3,8-11H2. The van der Waals surface area contributed by atoms with Crippen molar-refractivity contribution in [3.8, 4) is 12.3 Å². The Bertz CT molecular complexity index is 425. The molecule has 88 valence electrons. The van der Waals surface area contributed by atoms with Crippen molar-refractivity contribution < 1.29 is 4.79 Å². The monoisotopic (exact) mass is 245 g/mol. The molecular formula is C14H15NOS. The lowest BCUT2D eigenvalue weighted by Gasteiger charge is -2.19. The Labute approximate surface area is 106 Å². The summed E-state index contributed by atoms with van der Waals surface area (Å²) in [5.74, 6) is 4.86. The highest BCUT2D eigenvalue weighted by molar-refractivity contribution is 7.99. The zero-order valence-corrected chi connectivity index (χ0v) is 10.5. The van der Waals surface area contributed by atoms with Crippen LogP contribution in [0.3, 0.4) is 0 Å². The molecule has 1 amide bonds. The molecule has 1 aromatic rings. The van der Waals surface area contributed by atoms with E-state index in [-0.39, 0.29) is 5.91 Å². The van der Waals surface area contributed by atoms with E-state index in [1.807, 2.05) is 40.9 Å². The SMILES string of the molecule is C#Cc1ccc(C(=O)N2CCCSCC2)cc1. The number of amides is 1. The molecule has 0 aliphatic carbocycles. The molecule has 0 spiro atoms.